The van der Waals surface area contributed by atoms with E-state index in [0.717, 1.165) is 11.1 Å². The number of pyridine rings is 1. The molecule has 1 amide bonds. The highest BCUT2D eigenvalue weighted by Gasteiger charge is 2.61. The lowest BCUT2D eigenvalue weighted by Crippen LogP contribution is -2.65. The summed E-state index contributed by atoms with van der Waals surface area (Å²) >= 11 is 1.63. The lowest BCUT2D eigenvalue weighted by atomic mass is 9.73. The number of carbonyl (C=O) groups is 4. The number of thiophene rings is 1. The van der Waals surface area contributed by atoms with Gasteiger partial charge in [-0.1, -0.05) is 39.8 Å². The van der Waals surface area contributed by atoms with Crippen molar-refractivity contribution in [3.63, 3.8) is 0 Å². The molecule has 3 aromatic heterocycles. The monoisotopic (exact) mass is 978 g/mol. The van der Waals surface area contributed by atoms with Gasteiger partial charge in [0.05, 0.1) is 42.4 Å². The molecule has 6 rings (SSSR count). The fraction of sp³-hybridized carbons (Fsp3) is 0.654. The molecule has 0 spiro atoms. The van der Waals surface area contributed by atoms with Crippen LogP contribution >= 0.6 is 11.3 Å². The number of ketones is 1. The molecular weight excluding hydrogens is 903 g/mol. The van der Waals surface area contributed by atoms with E-state index in [1.54, 1.807) is 74.5 Å². The topological polar surface area (TPSA) is 181 Å². The number of methoxy groups -OCH3 is 1. The summed E-state index contributed by atoms with van der Waals surface area (Å²) in [4.78, 5) is 65.9. The molecule has 14 atom stereocenters. The van der Waals surface area contributed by atoms with E-state index in [-0.39, 0.29) is 37.7 Å². The number of aromatic nitrogens is 3. The van der Waals surface area contributed by atoms with Crippen molar-refractivity contribution >= 4 is 35.2 Å². The number of aliphatic hydroxyl groups is 1. The number of ether oxygens (including phenoxy) is 6. The first kappa shape index (κ1) is 53.8. The van der Waals surface area contributed by atoms with E-state index < -0.39 is 95.2 Å². The first-order chi connectivity index (χ1) is 32.7. The number of amides is 1. The zero-order valence-corrected chi connectivity index (χ0v) is 43.2. The summed E-state index contributed by atoms with van der Waals surface area (Å²) in [5.41, 5.74) is -0.0324. The molecule has 3 aliphatic heterocycles. The third-order valence-corrected chi connectivity index (χ3v) is 15.6. The van der Waals surface area contributed by atoms with Crippen LogP contribution in [0.4, 0.5) is 4.79 Å². The molecule has 69 heavy (non-hydrogen) atoms. The van der Waals surface area contributed by atoms with Crippen molar-refractivity contribution in [2.45, 2.75) is 167 Å². The second-order valence-corrected chi connectivity index (χ2v) is 20.9. The fourth-order valence-corrected chi connectivity index (χ4v) is 11.8. The lowest BCUT2D eigenvalue weighted by Gasteiger charge is -2.52. The SMILES string of the molecule is C=CCN(C)[C@H]1C[C@@H](C)O[C@@](C)(O[C@@H]2[C@@H](C)C(OC(=O)Cc3cccnc3)[C@@H](C)C(=O)O[C@H](CC)[C@@]3(C)OC(=O)N(CCCCn4cc(-c5ccsc5)cn4)[C@@H]3[C@@H](C)C(=O)[C@H](C)C[C@@]2(C)OC)[C@@H]1O. The third-order valence-electron chi connectivity index (χ3n) is 14.9. The van der Waals surface area contributed by atoms with Crippen LogP contribution in [-0.4, -0.2) is 140 Å². The summed E-state index contributed by atoms with van der Waals surface area (Å²) in [6, 6.07) is 4.32. The van der Waals surface area contributed by atoms with Gasteiger partial charge in [-0.3, -0.25) is 28.9 Å². The standard InChI is InChI=1S/C52H75N5O11S/c1-13-21-55(11)40-25-33(4)66-52(10,46(40)60)67-47-35(6)44(65-42(58)26-37-18-17-20-53-28-37)36(7)48(61)64-41(14-2)51(9)45(34(5)43(59)32(3)27-50(47,8)63-12)57(49(62)68-51)23-16-15-22-56-30-39(29-54-56)38-19-24-69-31-38/h13,17-20,24,28-36,40-41,44-47,60H,1,14-16,21-23,25-27H2,2-12H3/t32-,33-,34+,35+,36-,40+,41-,44?,45-,46-,47-,50-,51-,52+/m1/s1. The number of Topliss-reactive ketones (excluding diaryl/α,β-unsaturated/α-hetero) is 1. The number of likely N-dealkylation sites (N-methyl/N-ethyl adjacent to an activating group) is 1. The Labute approximate surface area is 412 Å². The highest BCUT2D eigenvalue weighted by Crippen LogP contribution is 2.45. The molecule has 16 nitrogen and oxygen atoms in total. The minimum Gasteiger partial charge on any atom is -0.461 e. The Kier molecular flexibility index (Phi) is 17.7. The van der Waals surface area contributed by atoms with Gasteiger partial charge in [-0.2, -0.15) is 16.4 Å². The number of rotatable bonds is 16. The molecule has 17 heteroatoms. The Morgan fingerprint density at radius 2 is 1.80 bits per heavy atom. The van der Waals surface area contributed by atoms with Gasteiger partial charge in [0.2, 0.25) is 0 Å². The number of aliphatic hydroxyl groups excluding tert-OH is 1. The maximum Gasteiger partial charge on any atom is 0.410 e. The molecule has 0 aliphatic carbocycles. The van der Waals surface area contributed by atoms with E-state index in [4.69, 9.17) is 28.4 Å². The maximum absolute atomic E-state index is 15.1. The van der Waals surface area contributed by atoms with Crippen molar-refractivity contribution in [2.75, 3.05) is 27.2 Å². The van der Waals surface area contributed by atoms with Crippen LogP contribution in [0.2, 0.25) is 0 Å². The second-order valence-electron chi connectivity index (χ2n) is 20.1. The highest BCUT2D eigenvalue weighted by atomic mass is 32.1. The lowest BCUT2D eigenvalue weighted by molar-refractivity contribution is -0.358. The number of aryl methyl sites for hydroxylation is 1. The quantitative estimate of drug-likeness (QED) is 0.0644. The van der Waals surface area contributed by atoms with Crippen LogP contribution < -0.4 is 0 Å². The fourth-order valence-electron chi connectivity index (χ4n) is 11.2. The number of carbonyl (C=O) groups excluding carboxylic acids is 4. The minimum atomic E-state index is -1.64. The first-order valence-electron chi connectivity index (χ1n) is 24.5. The number of unbranched alkanes of at least 4 members (excludes halogenated alkanes) is 1. The summed E-state index contributed by atoms with van der Waals surface area (Å²) in [6.07, 6.45) is 5.39. The average molecular weight is 978 g/mol. The van der Waals surface area contributed by atoms with Crippen LogP contribution in [0.15, 0.2) is 66.4 Å². The number of esters is 2. The van der Waals surface area contributed by atoms with Gasteiger partial charge in [0.15, 0.2) is 11.4 Å². The second kappa shape index (κ2) is 22.7. The van der Waals surface area contributed by atoms with E-state index in [2.05, 4.69) is 28.1 Å². The van der Waals surface area contributed by atoms with Crippen molar-refractivity contribution in [3.05, 3.63) is 72.0 Å². The van der Waals surface area contributed by atoms with Crippen molar-refractivity contribution in [2.24, 2.45) is 23.7 Å². The van der Waals surface area contributed by atoms with E-state index in [0.29, 0.717) is 37.9 Å². The van der Waals surface area contributed by atoms with Crippen LogP contribution in [0.1, 0.15) is 100.0 Å². The molecule has 6 heterocycles. The van der Waals surface area contributed by atoms with Gasteiger partial charge in [0, 0.05) is 74.7 Å². The van der Waals surface area contributed by atoms with Crippen molar-refractivity contribution in [3.8, 4) is 11.1 Å². The Morgan fingerprint density at radius 1 is 1.06 bits per heavy atom. The Hall–Kier alpha value is -4.52. The Morgan fingerprint density at radius 3 is 2.45 bits per heavy atom. The largest absolute Gasteiger partial charge is 0.461 e. The molecule has 380 valence electrons. The van der Waals surface area contributed by atoms with Gasteiger partial charge >= 0.3 is 18.0 Å². The van der Waals surface area contributed by atoms with Crippen LogP contribution in [-0.2, 0) is 55.8 Å². The summed E-state index contributed by atoms with van der Waals surface area (Å²) in [7, 11) is 3.43. The van der Waals surface area contributed by atoms with Gasteiger partial charge in [-0.25, -0.2) is 4.79 Å². The molecule has 0 bridgehead atoms. The Balaban J connectivity index is 1.37. The summed E-state index contributed by atoms with van der Waals surface area (Å²) < 4.78 is 41.1. The van der Waals surface area contributed by atoms with Crippen LogP contribution in [0, 0.1) is 23.7 Å². The Bertz CT molecular complexity index is 2210. The van der Waals surface area contributed by atoms with Crippen LogP contribution in [0.5, 0.6) is 0 Å². The normalized spacial score (nSPS) is 34.7. The molecule has 0 saturated carbocycles. The van der Waals surface area contributed by atoms with Crippen molar-refractivity contribution < 1.29 is 52.7 Å². The number of nitrogens with zero attached hydrogens (tertiary/aromatic N) is 5. The number of cyclic esters (lactones) is 1. The first-order valence-corrected chi connectivity index (χ1v) is 25.4. The maximum atomic E-state index is 15.1. The van der Waals surface area contributed by atoms with Crippen molar-refractivity contribution in [1.29, 1.82) is 0 Å². The van der Waals surface area contributed by atoms with E-state index in [1.807, 2.05) is 69.0 Å². The van der Waals surface area contributed by atoms with Gasteiger partial charge in [0.1, 0.15) is 24.1 Å². The van der Waals surface area contributed by atoms with Gasteiger partial charge in [-0.05, 0) is 108 Å². The van der Waals surface area contributed by atoms with Gasteiger partial charge in [-0.15, -0.1) is 6.58 Å². The van der Waals surface area contributed by atoms with E-state index >= 15 is 4.79 Å². The number of fused-ring (bicyclic) bond motifs is 1. The summed E-state index contributed by atoms with van der Waals surface area (Å²) in [6.45, 7) is 21.4. The average Bonchev–Trinajstić information content (AvgIpc) is 4.08. The summed E-state index contributed by atoms with van der Waals surface area (Å²) in [5.74, 6) is -6.55. The van der Waals surface area contributed by atoms with Gasteiger partial charge < -0.3 is 38.4 Å². The van der Waals surface area contributed by atoms with E-state index in [1.165, 1.54) is 7.11 Å². The molecule has 3 fully saturated rings. The highest BCUT2D eigenvalue weighted by molar-refractivity contribution is 7.08. The summed E-state index contributed by atoms with van der Waals surface area (Å²) in [5, 5.41) is 20.8. The zero-order chi connectivity index (χ0) is 50.4. The predicted octanol–water partition coefficient (Wildman–Crippen LogP) is 7.52. The smallest absolute Gasteiger partial charge is 0.410 e. The number of hydrogen-bond acceptors (Lipinski definition) is 15. The predicted molar refractivity (Wildman–Crippen MR) is 261 cm³/mol. The third kappa shape index (κ3) is 11.8. The molecule has 0 radical (unpaired) electrons. The molecule has 3 aliphatic rings. The molecule has 1 N–H and O–H groups in total. The number of hydrogen-bond donors (Lipinski definition) is 1. The molecule has 1 unspecified atom stereocenters. The van der Waals surface area contributed by atoms with Gasteiger partial charge in [0.25, 0.3) is 0 Å². The van der Waals surface area contributed by atoms with Crippen molar-refractivity contribution in [1.82, 2.24) is 24.6 Å². The molecule has 3 saturated heterocycles. The molecule has 3 aromatic rings. The van der Waals surface area contributed by atoms with Crippen LogP contribution in [0.25, 0.3) is 11.1 Å². The molecular formula is C52H75N5O11S. The minimum absolute atomic E-state index is 0.102. The van der Waals surface area contributed by atoms with E-state index in [9.17, 15) is 19.5 Å². The molecule has 0 aromatic carbocycles. The zero-order valence-electron chi connectivity index (χ0n) is 42.4. The van der Waals surface area contributed by atoms with Crippen LogP contribution in [0.3, 0.4) is 0 Å².